The second-order valence-corrected chi connectivity index (χ2v) is 3.33. The van der Waals surface area contributed by atoms with E-state index in [1.807, 2.05) is 0 Å². The topological polar surface area (TPSA) is 84.2 Å². The zero-order valence-corrected chi connectivity index (χ0v) is 7.65. The molecule has 5 nitrogen and oxygen atoms in total. The Morgan fingerprint density at radius 2 is 2.00 bits per heavy atom. The van der Waals surface area contributed by atoms with E-state index in [0.717, 1.165) is 0 Å². The van der Waals surface area contributed by atoms with E-state index in [0.29, 0.717) is 0 Å². The number of nitrogens with one attached hydrogen (secondary N) is 2. The molecule has 0 aliphatic carbocycles. The maximum atomic E-state index is 12.7. The number of halogens is 3. The van der Waals surface area contributed by atoms with Crippen LogP contribution in [0.2, 0.25) is 0 Å². The number of nitrogens with two attached hydrogens (primary N) is 1. The van der Waals surface area contributed by atoms with Gasteiger partial charge in [-0.25, -0.2) is 4.79 Å². The van der Waals surface area contributed by atoms with E-state index in [4.69, 9.17) is 0 Å². The van der Waals surface area contributed by atoms with Crippen molar-refractivity contribution in [3.63, 3.8) is 0 Å². The number of hydrogen-bond acceptors (Lipinski definition) is 3. The fourth-order valence-corrected chi connectivity index (χ4v) is 1.49. The normalized spacial score (nSPS) is 26.3. The molecular formula is C7H10F3N3O2. The second kappa shape index (κ2) is 3.69. The van der Waals surface area contributed by atoms with E-state index < -0.39 is 36.5 Å². The van der Waals surface area contributed by atoms with Crippen LogP contribution in [0, 0.1) is 5.41 Å². The molecule has 0 aromatic carbocycles. The maximum Gasteiger partial charge on any atom is 0.404 e. The molecule has 0 bridgehead atoms. The third-order valence-electron chi connectivity index (χ3n) is 2.37. The predicted molar refractivity (Wildman–Crippen MR) is 43.7 cm³/mol. The summed E-state index contributed by atoms with van der Waals surface area (Å²) in [6.07, 6.45) is -5.09. The largest absolute Gasteiger partial charge is 0.404 e. The molecule has 1 heterocycles. The van der Waals surface area contributed by atoms with Gasteiger partial charge in [0.25, 0.3) is 0 Å². The van der Waals surface area contributed by atoms with Gasteiger partial charge in [-0.1, -0.05) is 0 Å². The number of hydrogen-bond donors (Lipinski definition) is 3. The van der Waals surface area contributed by atoms with Crippen molar-refractivity contribution in [3.05, 3.63) is 0 Å². The summed E-state index contributed by atoms with van der Waals surface area (Å²) >= 11 is 0. The van der Waals surface area contributed by atoms with Gasteiger partial charge in [-0.05, 0) is 13.0 Å². The molecule has 1 aliphatic rings. The first-order valence-electron chi connectivity index (χ1n) is 4.18. The number of urea groups is 1. The molecule has 8 heteroatoms. The highest BCUT2D eigenvalue weighted by molar-refractivity contribution is 5.97. The lowest BCUT2D eigenvalue weighted by Crippen LogP contribution is -2.54. The summed E-state index contributed by atoms with van der Waals surface area (Å²) in [6.45, 7) is -0.457. The first kappa shape index (κ1) is 11.8. The molecule has 0 aromatic rings. The van der Waals surface area contributed by atoms with Crippen LogP contribution in [0.25, 0.3) is 0 Å². The summed E-state index contributed by atoms with van der Waals surface area (Å²) in [5, 5.41) is 3.91. The number of carbonyl (C=O) groups excluding carboxylic acids is 2. The van der Waals surface area contributed by atoms with Gasteiger partial charge < -0.3 is 11.1 Å². The number of primary amides is 1. The van der Waals surface area contributed by atoms with E-state index in [2.05, 4.69) is 11.1 Å². The fourth-order valence-electron chi connectivity index (χ4n) is 1.49. The van der Waals surface area contributed by atoms with Crippen LogP contribution < -0.4 is 16.4 Å². The lowest BCUT2D eigenvalue weighted by molar-refractivity contribution is -0.215. The Labute approximate surface area is 83.2 Å². The Bertz CT molecular complexity index is 284. The van der Waals surface area contributed by atoms with E-state index in [-0.39, 0.29) is 6.54 Å². The van der Waals surface area contributed by atoms with Gasteiger partial charge >= 0.3 is 12.2 Å². The molecule has 0 saturated carbocycles. The van der Waals surface area contributed by atoms with Crippen LogP contribution >= 0.6 is 0 Å². The third kappa shape index (κ3) is 2.04. The Morgan fingerprint density at radius 3 is 2.33 bits per heavy atom. The molecule has 0 aromatic heterocycles. The zero-order valence-electron chi connectivity index (χ0n) is 7.65. The minimum atomic E-state index is -4.70. The van der Waals surface area contributed by atoms with Crippen molar-refractivity contribution in [2.75, 3.05) is 13.1 Å². The molecule has 3 amide bonds. The van der Waals surface area contributed by atoms with Crippen LogP contribution in [-0.4, -0.2) is 31.2 Å². The van der Waals surface area contributed by atoms with Gasteiger partial charge in [0, 0.05) is 6.54 Å². The average Bonchev–Trinajstić information content (AvgIpc) is 2.49. The molecule has 0 radical (unpaired) electrons. The molecule has 4 N–H and O–H groups in total. The van der Waals surface area contributed by atoms with Crippen molar-refractivity contribution in [1.82, 2.24) is 10.6 Å². The van der Waals surface area contributed by atoms with E-state index in [9.17, 15) is 22.8 Å². The van der Waals surface area contributed by atoms with Crippen molar-refractivity contribution in [2.45, 2.75) is 12.6 Å². The summed E-state index contributed by atoms with van der Waals surface area (Å²) in [4.78, 5) is 21.6. The molecule has 15 heavy (non-hydrogen) atoms. The molecule has 1 fully saturated rings. The van der Waals surface area contributed by atoms with Crippen LogP contribution in [0.1, 0.15) is 6.42 Å². The molecule has 1 rings (SSSR count). The maximum absolute atomic E-state index is 12.7. The number of carbonyl (C=O) groups is 2. The van der Waals surface area contributed by atoms with Crippen LogP contribution in [0.15, 0.2) is 0 Å². The van der Waals surface area contributed by atoms with Crippen LogP contribution in [-0.2, 0) is 4.79 Å². The standard InChI is InChI=1S/C7H10F3N3O2/c8-7(9,10)6(1-2-12-3-6)4(14)13-5(11)15/h12H,1-3H2,(H3,11,13,14,15). The smallest absolute Gasteiger partial charge is 0.351 e. The molecule has 86 valence electrons. The van der Waals surface area contributed by atoms with Crippen LogP contribution in [0.5, 0.6) is 0 Å². The van der Waals surface area contributed by atoms with Crippen molar-refractivity contribution >= 4 is 11.9 Å². The van der Waals surface area contributed by atoms with Crippen LogP contribution in [0.4, 0.5) is 18.0 Å². The summed E-state index contributed by atoms with van der Waals surface area (Å²) in [7, 11) is 0. The highest BCUT2D eigenvalue weighted by atomic mass is 19.4. The fraction of sp³-hybridized carbons (Fsp3) is 0.714. The molecular weight excluding hydrogens is 215 g/mol. The lowest BCUT2D eigenvalue weighted by atomic mass is 9.85. The van der Waals surface area contributed by atoms with E-state index in [1.54, 1.807) is 0 Å². The zero-order chi connectivity index (χ0) is 11.7. The van der Waals surface area contributed by atoms with E-state index >= 15 is 0 Å². The Hall–Kier alpha value is -1.31. The summed E-state index contributed by atoms with van der Waals surface area (Å²) in [5.74, 6) is -1.40. The highest BCUT2D eigenvalue weighted by Crippen LogP contribution is 2.43. The van der Waals surface area contributed by atoms with Gasteiger partial charge in [0.15, 0.2) is 5.41 Å². The Kier molecular flexibility index (Phi) is 2.89. The molecule has 1 saturated heterocycles. The van der Waals surface area contributed by atoms with Crippen LogP contribution in [0.3, 0.4) is 0 Å². The van der Waals surface area contributed by atoms with Crippen molar-refractivity contribution < 1.29 is 22.8 Å². The summed E-state index contributed by atoms with van der Waals surface area (Å²) < 4.78 is 38.0. The summed E-state index contributed by atoms with van der Waals surface area (Å²) in [5.41, 5.74) is 2.06. The monoisotopic (exact) mass is 225 g/mol. The van der Waals surface area contributed by atoms with Gasteiger partial charge in [0.05, 0.1) is 0 Å². The second-order valence-electron chi connectivity index (χ2n) is 3.33. The first-order chi connectivity index (χ1) is 6.79. The minimum Gasteiger partial charge on any atom is -0.351 e. The Morgan fingerprint density at radius 1 is 1.40 bits per heavy atom. The van der Waals surface area contributed by atoms with Gasteiger partial charge in [-0.3, -0.25) is 10.1 Å². The molecule has 1 unspecified atom stereocenters. The average molecular weight is 225 g/mol. The molecule has 1 aliphatic heterocycles. The predicted octanol–water partition coefficient (Wildman–Crippen LogP) is -0.277. The summed E-state index contributed by atoms with van der Waals surface area (Å²) in [6, 6.07) is -1.28. The highest BCUT2D eigenvalue weighted by Gasteiger charge is 2.61. The number of amides is 3. The SMILES string of the molecule is NC(=O)NC(=O)C1(C(F)(F)F)CCNC1. The molecule has 0 spiro atoms. The number of rotatable bonds is 1. The van der Waals surface area contributed by atoms with Gasteiger partial charge in [-0.15, -0.1) is 0 Å². The van der Waals surface area contributed by atoms with Crippen molar-refractivity contribution in [3.8, 4) is 0 Å². The van der Waals surface area contributed by atoms with Crippen molar-refractivity contribution in [2.24, 2.45) is 11.1 Å². The lowest BCUT2D eigenvalue weighted by Gasteiger charge is -2.28. The quantitative estimate of drug-likeness (QED) is 0.574. The third-order valence-corrected chi connectivity index (χ3v) is 2.37. The number of alkyl halides is 3. The van der Waals surface area contributed by atoms with Gasteiger partial charge in [0.1, 0.15) is 0 Å². The van der Waals surface area contributed by atoms with E-state index in [1.165, 1.54) is 5.32 Å². The van der Waals surface area contributed by atoms with Crippen molar-refractivity contribution in [1.29, 1.82) is 0 Å². The minimum absolute atomic E-state index is 0.0751. The van der Waals surface area contributed by atoms with Gasteiger partial charge in [0.2, 0.25) is 5.91 Å². The first-order valence-corrected chi connectivity index (χ1v) is 4.18. The number of imide groups is 1. The molecule has 1 atom stereocenters. The Balaban J connectivity index is 2.92. The van der Waals surface area contributed by atoms with Gasteiger partial charge in [-0.2, -0.15) is 13.2 Å².